The van der Waals surface area contributed by atoms with Gasteiger partial charge in [-0.05, 0) is 30.0 Å². The highest BCUT2D eigenvalue weighted by Gasteiger charge is 2.18. The molecule has 2 amide bonds. The molecule has 0 spiro atoms. The van der Waals surface area contributed by atoms with Gasteiger partial charge in [-0.1, -0.05) is 18.2 Å². The summed E-state index contributed by atoms with van der Waals surface area (Å²) in [6.45, 7) is 3.26. The number of carbonyl (C=O) groups is 3. The van der Waals surface area contributed by atoms with Gasteiger partial charge in [0.15, 0.2) is 6.61 Å². The number of esters is 1. The van der Waals surface area contributed by atoms with Gasteiger partial charge < -0.3 is 15.0 Å². The summed E-state index contributed by atoms with van der Waals surface area (Å²) in [6.07, 6.45) is 0. The molecular formula is C18H20N2O4S. The Balaban J connectivity index is 1.99. The maximum absolute atomic E-state index is 12.3. The Kier molecular flexibility index (Phi) is 6.30. The Morgan fingerprint density at radius 3 is 2.60 bits per heavy atom. The Morgan fingerprint density at radius 1 is 1.20 bits per heavy atom. The summed E-state index contributed by atoms with van der Waals surface area (Å²) < 4.78 is 5.13. The van der Waals surface area contributed by atoms with Crippen molar-refractivity contribution >= 4 is 34.8 Å². The predicted molar refractivity (Wildman–Crippen MR) is 96.6 cm³/mol. The zero-order valence-corrected chi connectivity index (χ0v) is 15.2. The largest absolute Gasteiger partial charge is 0.452 e. The molecule has 2 rings (SSSR count). The highest BCUT2D eigenvalue weighted by Crippen LogP contribution is 2.21. The number of thiophene rings is 1. The topological polar surface area (TPSA) is 75.7 Å². The minimum atomic E-state index is -0.648. The molecule has 0 saturated heterocycles. The number of hydrogen-bond acceptors (Lipinski definition) is 5. The van der Waals surface area contributed by atoms with Crippen LogP contribution in [0.25, 0.3) is 0 Å². The van der Waals surface area contributed by atoms with Crippen LogP contribution in [0.2, 0.25) is 0 Å². The van der Waals surface area contributed by atoms with Crippen LogP contribution in [0, 0.1) is 6.92 Å². The summed E-state index contributed by atoms with van der Waals surface area (Å²) in [7, 11) is 1.66. The maximum atomic E-state index is 12.3. The molecule has 0 aliphatic carbocycles. The Morgan fingerprint density at radius 2 is 1.96 bits per heavy atom. The zero-order valence-electron chi connectivity index (χ0n) is 14.4. The van der Waals surface area contributed by atoms with Gasteiger partial charge >= 0.3 is 5.97 Å². The third kappa shape index (κ3) is 5.15. The molecule has 0 bridgehead atoms. The van der Waals surface area contributed by atoms with Gasteiger partial charge in [0.1, 0.15) is 0 Å². The number of anilines is 1. The van der Waals surface area contributed by atoms with E-state index in [1.165, 1.54) is 11.8 Å². The van der Waals surface area contributed by atoms with Gasteiger partial charge in [0.05, 0.1) is 17.8 Å². The van der Waals surface area contributed by atoms with E-state index in [2.05, 4.69) is 5.32 Å². The van der Waals surface area contributed by atoms with Crippen LogP contribution in [-0.4, -0.2) is 36.3 Å². The second-order valence-corrected chi connectivity index (χ2v) is 6.62. The van der Waals surface area contributed by atoms with Crippen molar-refractivity contribution in [2.75, 3.05) is 19.0 Å². The SMILES string of the molecule is CC(=O)Nc1c(C)cccc1C(=O)OCC(=O)N(C)Cc1cccs1. The first-order chi connectivity index (χ1) is 11.9. The lowest BCUT2D eigenvalue weighted by atomic mass is 10.1. The van der Waals surface area contributed by atoms with Crippen LogP contribution in [0.15, 0.2) is 35.7 Å². The number of aryl methyl sites for hydroxylation is 1. The highest BCUT2D eigenvalue weighted by atomic mass is 32.1. The Labute approximate surface area is 150 Å². The molecule has 132 valence electrons. The van der Waals surface area contributed by atoms with Crippen molar-refractivity contribution in [2.24, 2.45) is 0 Å². The van der Waals surface area contributed by atoms with Crippen LogP contribution in [0.4, 0.5) is 5.69 Å². The van der Waals surface area contributed by atoms with Crippen LogP contribution in [0.1, 0.15) is 27.7 Å². The maximum Gasteiger partial charge on any atom is 0.340 e. The molecule has 0 aliphatic heterocycles. The molecule has 0 unspecified atom stereocenters. The van der Waals surface area contributed by atoms with Crippen LogP contribution >= 0.6 is 11.3 Å². The minimum Gasteiger partial charge on any atom is -0.452 e. The fourth-order valence-corrected chi connectivity index (χ4v) is 2.98. The van der Waals surface area contributed by atoms with Crippen LogP contribution in [-0.2, 0) is 20.9 Å². The zero-order chi connectivity index (χ0) is 18.4. The number of rotatable bonds is 6. The highest BCUT2D eigenvalue weighted by molar-refractivity contribution is 7.09. The van der Waals surface area contributed by atoms with Crippen molar-refractivity contribution in [3.8, 4) is 0 Å². The average Bonchev–Trinajstić information content (AvgIpc) is 3.06. The summed E-state index contributed by atoms with van der Waals surface area (Å²) in [6, 6.07) is 8.89. The smallest absolute Gasteiger partial charge is 0.340 e. The van der Waals surface area contributed by atoms with Crippen molar-refractivity contribution < 1.29 is 19.1 Å². The molecule has 1 N–H and O–H groups in total. The van der Waals surface area contributed by atoms with E-state index < -0.39 is 5.97 Å². The van der Waals surface area contributed by atoms with Crippen molar-refractivity contribution in [1.82, 2.24) is 4.90 Å². The molecule has 0 atom stereocenters. The van der Waals surface area contributed by atoms with Crippen molar-refractivity contribution in [2.45, 2.75) is 20.4 Å². The predicted octanol–water partition coefficient (Wildman–Crippen LogP) is 2.83. The number of hydrogen-bond donors (Lipinski definition) is 1. The fraction of sp³-hybridized carbons (Fsp3) is 0.278. The van der Waals surface area contributed by atoms with E-state index >= 15 is 0 Å². The Bertz CT molecular complexity index is 771. The van der Waals surface area contributed by atoms with E-state index in [1.807, 2.05) is 17.5 Å². The van der Waals surface area contributed by atoms with E-state index in [0.29, 0.717) is 12.2 Å². The number of carbonyl (C=O) groups excluding carboxylic acids is 3. The summed E-state index contributed by atoms with van der Waals surface area (Å²) in [5, 5.41) is 4.57. The normalized spacial score (nSPS) is 10.2. The second kappa shape index (κ2) is 8.43. The summed E-state index contributed by atoms with van der Waals surface area (Å²) in [4.78, 5) is 38.3. The molecular weight excluding hydrogens is 340 g/mol. The van der Waals surface area contributed by atoms with Gasteiger partial charge in [0, 0.05) is 18.8 Å². The number of nitrogens with one attached hydrogen (secondary N) is 1. The average molecular weight is 360 g/mol. The standard InChI is InChI=1S/C18H20N2O4S/c1-12-6-4-8-15(17(12)19-13(2)21)18(23)24-11-16(22)20(3)10-14-7-5-9-25-14/h4-9H,10-11H2,1-3H3,(H,19,21). The van der Waals surface area contributed by atoms with Gasteiger partial charge in [-0.15, -0.1) is 11.3 Å². The van der Waals surface area contributed by atoms with Gasteiger partial charge in [-0.25, -0.2) is 4.79 Å². The molecule has 0 fully saturated rings. The van der Waals surface area contributed by atoms with E-state index in [0.717, 1.165) is 10.4 Å². The molecule has 25 heavy (non-hydrogen) atoms. The monoisotopic (exact) mass is 360 g/mol. The van der Waals surface area contributed by atoms with Crippen LogP contribution in [0.3, 0.4) is 0 Å². The molecule has 6 nitrogen and oxygen atoms in total. The lowest BCUT2D eigenvalue weighted by Gasteiger charge is -2.17. The minimum absolute atomic E-state index is 0.226. The van der Waals surface area contributed by atoms with Gasteiger partial charge in [0.2, 0.25) is 5.91 Å². The van der Waals surface area contributed by atoms with E-state index in [4.69, 9.17) is 4.74 Å². The number of ether oxygens (including phenoxy) is 1. The molecule has 1 aromatic carbocycles. The summed E-state index contributed by atoms with van der Waals surface area (Å²) in [5.74, 6) is -1.23. The van der Waals surface area contributed by atoms with Crippen molar-refractivity contribution in [3.63, 3.8) is 0 Å². The van der Waals surface area contributed by atoms with Gasteiger partial charge in [0.25, 0.3) is 5.91 Å². The van der Waals surface area contributed by atoms with E-state index in [-0.39, 0.29) is 24.0 Å². The number of para-hydroxylation sites is 1. The molecule has 2 aromatic rings. The third-order valence-corrected chi connectivity index (χ3v) is 4.38. The fourth-order valence-electron chi connectivity index (χ4n) is 2.22. The first-order valence-electron chi connectivity index (χ1n) is 7.69. The van der Waals surface area contributed by atoms with Crippen molar-refractivity contribution in [1.29, 1.82) is 0 Å². The second-order valence-electron chi connectivity index (χ2n) is 5.58. The molecule has 0 radical (unpaired) electrons. The van der Waals surface area contributed by atoms with Crippen molar-refractivity contribution in [3.05, 3.63) is 51.7 Å². The number of amides is 2. The van der Waals surface area contributed by atoms with Gasteiger partial charge in [-0.2, -0.15) is 0 Å². The number of likely N-dealkylation sites (N-methyl/N-ethyl adjacent to an activating group) is 1. The lowest BCUT2D eigenvalue weighted by molar-refractivity contribution is -0.133. The number of benzene rings is 1. The molecule has 1 heterocycles. The molecule has 0 saturated carbocycles. The quantitative estimate of drug-likeness (QED) is 0.804. The lowest BCUT2D eigenvalue weighted by Crippen LogP contribution is -2.30. The molecule has 0 aliphatic rings. The summed E-state index contributed by atoms with van der Waals surface area (Å²) >= 11 is 1.56. The van der Waals surface area contributed by atoms with E-state index in [1.54, 1.807) is 43.5 Å². The molecule has 1 aromatic heterocycles. The van der Waals surface area contributed by atoms with E-state index in [9.17, 15) is 14.4 Å². The third-order valence-electron chi connectivity index (χ3n) is 3.52. The van der Waals surface area contributed by atoms with Crippen LogP contribution < -0.4 is 5.32 Å². The Hall–Kier alpha value is -2.67. The first kappa shape index (κ1) is 18.7. The van der Waals surface area contributed by atoms with Crippen LogP contribution in [0.5, 0.6) is 0 Å². The first-order valence-corrected chi connectivity index (χ1v) is 8.57. The molecule has 7 heteroatoms. The van der Waals surface area contributed by atoms with Gasteiger partial charge in [-0.3, -0.25) is 9.59 Å². The summed E-state index contributed by atoms with van der Waals surface area (Å²) in [5.41, 5.74) is 1.37. The number of nitrogens with zero attached hydrogens (tertiary/aromatic N) is 1.